The van der Waals surface area contributed by atoms with E-state index in [9.17, 15) is 13.2 Å². The summed E-state index contributed by atoms with van der Waals surface area (Å²) in [6.07, 6.45) is 6.43. The van der Waals surface area contributed by atoms with Crippen LogP contribution < -0.4 is 9.46 Å². The van der Waals surface area contributed by atoms with Crippen molar-refractivity contribution in [3.8, 4) is 17.1 Å². The molecule has 224 valence electrons. The van der Waals surface area contributed by atoms with E-state index < -0.39 is 10.0 Å². The lowest BCUT2D eigenvalue weighted by atomic mass is 9.85. The van der Waals surface area contributed by atoms with Gasteiger partial charge in [0.2, 0.25) is 11.8 Å². The van der Waals surface area contributed by atoms with E-state index in [1.54, 1.807) is 18.2 Å². The number of aromatic nitrogens is 2. The van der Waals surface area contributed by atoms with Gasteiger partial charge in [-0.2, -0.15) is 4.98 Å². The van der Waals surface area contributed by atoms with Crippen LogP contribution >= 0.6 is 0 Å². The Hall–Kier alpha value is -3.46. The molecule has 5 rings (SSSR count). The minimum atomic E-state index is -4.09. The van der Waals surface area contributed by atoms with Crippen LogP contribution in [0.1, 0.15) is 80.8 Å². The summed E-state index contributed by atoms with van der Waals surface area (Å²) in [5, 5.41) is 0. The molecule has 4 bridgehead atoms. The first-order valence-electron chi connectivity index (χ1n) is 14.9. The van der Waals surface area contributed by atoms with Crippen molar-refractivity contribution in [2.45, 2.75) is 84.1 Å². The highest BCUT2D eigenvalue weighted by atomic mass is 32.2. The number of rotatable bonds is 4. The van der Waals surface area contributed by atoms with Gasteiger partial charge in [0, 0.05) is 23.7 Å². The van der Waals surface area contributed by atoms with Crippen molar-refractivity contribution < 1.29 is 17.9 Å². The summed E-state index contributed by atoms with van der Waals surface area (Å²) >= 11 is 0. The number of amides is 1. The summed E-state index contributed by atoms with van der Waals surface area (Å²) in [5.74, 6) is 0.405. The molecule has 2 aromatic carbocycles. The molecule has 1 aliphatic heterocycles. The van der Waals surface area contributed by atoms with E-state index in [0.29, 0.717) is 30.1 Å². The molecule has 2 heterocycles. The fourth-order valence-corrected chi connectivity index (χ4v) is 7.21. The molecule has 1 N–H and O–H groups in total. The minimum absolute atomic E-state index is 0.0128. The lowest BCUT2D eigenvalue weighted by Gasteiger charge is -2.38. The van der Waals surface area contributed by atoms with E-state index >= 15 is 0 Å². The largest absolute Gasteiger partial charge is 0.475 e. The highest BCUT2D eigenvalue weighted by molar-refractivity contribution is 7.92. The number of hydrogen-bond donors (Lipinski definition) is 1. The molecule has 1 aliphatic carbocycles. The van der Waals surface area contributed by atoms with Gasteiger partial charge in [-0.05, 0) is 73.8 Å². The molecule has 9 heteroatoms. The molecule has 0 radical (unpaired) electrons. The Morgan fingerprint density at radius 3 is 2.36 bits per heavy atom. The summed E-state index contributed by atoms with van der Waals surface area (Å²) in [6, 6.07) is 13.8. The number of carbonyl (C=O) groups excluding carboxylic acids is 1. The van der Waals surface area contributed by atoms with Gasteiger partial charge in [-0.15, -0.1) is 0 Å². The molecule has 3 aromatic rings. The molecule has 42 heavy (non-hydrogen) atoms. The standard InChI is InChI=1S/C33H42N4O4S/c1-22-11-9-12-23(2)30(22)28-18-29-35-32(34-28)36-42(39,40)27-16-10-15-25(17-27)31(38)37(20-24-13-7-6-8-14-24)26(21-41-29)19-33(3,4)5/h9-12,15-18,24,26H,6-8,13-14,19-21H2,1-5H3,(H,34,35,36)/t26-/m1/s1. The van der Waals surface area contributed by atoms with Crippen molar-refractivity contribution in [2.24, 2.45) is 11.3 Å². The number of sulfonamides is 1. The lowest BCUT2D eigenvalue weighted by Crippen LogP contribution is -2.48. The summed E-state index contributed by atoms with van der Waals surface area (Å²) < 4.78 is 36.0. The van der Waals surface area contributed by atoms with Crippen LogP contribution in [0.2, 0.25) is 0 Å². The second kappa shape index (κ2) is 12.0. The van der Waals surface area contributed by atoms with Crippen molar-refractivity contribution in [2.75, 3.05) is 17.9 Å². The third-order valence-corrected chi connectivity index (χ3v) is 9.54. The van der Waals surface area contributed by atoms with E-state index in [0.717, 1.165) is 42.4 Å². The number of hydrogen-bond acceptors (Lipinski definition) is 6. The van der Waals surface area contributed by atoms with Crippen molar-refractivity contribution in [1.82, 2.24) is 14.9 Å². The minimum Gasteiger partial charge on any atom is -0.475 e. The predicted octanol–water partition coefficient (Wildman–Crippen LogP) is 6.78. The second-order valence-corrected chi connectivity index (χ2v) is 14.7. The lowest BCUT2D eigenvalue weighted by molar-refractivity contribution is 0.0465. The summed E-state index contributed by atoms with van der Waals surface area (Å²) in [5.41, 5.74) is 3.75. The predicted molar refractivity (Wildman–Crippen MR) is 165 cm³/mol. The molecule has 1 atom stereocenters. The molecular formula is C33H42N4O4S. The molecule has 0 saturated heterocycles. The Labute approximate surface area is 250 Å². The quantitative estimate of drug-likeness (QED) is 0.359. The number of carbonyl (C=O) groups is 1. The highest BCUT2D eigenvalue weighted by Gasteiger charge is 2.33. The van der Waals surface area contributed by atoms with Gasteiger partial charge in [0.25, 0.3) is 15.9 Å². The Bertz CT molecular complexity index is 1540. The number of benzene rings is 2. The average molecular weight is 591 g/mol. The summed E-state index contributed by atoms with van der Waals surface area (Å²) in [4.78, 5) is 25.2. The number of ether oxygens (including phenoxy) is 1. The van der Waals surface area contributed by atoms with Gasteiger partial charge >= 0.3 is 0 Å². The third kappa shape index (κ3) is 6.94. The molecule has 1 aromatic heterocycles. The summed E-state index contributed by atoms with van der Waals surface area (Å²) in [7, 11) is -4.09. The van der Waals surface area contributed by atoms with Gasteiger partial charge in [0.15, 0.2) is 0 Å². The maximum Gasteiger partial charge on any atom is 0.264 e. The van der Waals surface area contributed by atoms with Gasteiger partial charge in [-0.1, -0.05) is 64.3 Å². The molecule has 2 aliphatic rings. The van der Waals surface area contributed by atoms with Gasteiger partial charge in [0.05, 0.1) is 16.6 Å². The van der Waals surface area contributed by atoms with Crippen LogP contribution in [-0.2, 0) is 10.0 Å². The van der Waals surface area contributed by atoms with Gasteiger partial charge in [0.1, 0.15) is 6.61 Å². The number of fused-ring (bicyclic) bond motifs is 4. The Kier molecular flexibility index (Phi) is 8.60. The van der Waals surface area contributed by atoms with Crippen molar-refractivity contribution in [3.05, 3.63) is 65.2 Å². The van der Waals surface area contributed by atoms with Crippen LogP contribution in [0.5, 0.6) is 5.88 Å². The monoisotopic (exact) mass is 590 g/mol. The molecule has 0 unspecified atom stereocenters. The number of aryl methyl sites for hydroxylation is 2. The van der Waals surface area contributed by atoms with Crippen molar-refractivity contribution >= 4 is 21.9 Å². The smallest absolute Gasteiger partial charge is 0.264 e. The van der Waals surface area contributed by atoms with Crippen LogP contribution in [0.4, 0.5) is 5.95 Å². The van der Waals surface area contributed by atoms with E-state index in [-0.39, 0.29) is 40.7 Å². The van der Waals surface area contributed by atoms with Crippen molar-refractivity contribution in [1.29, 1.82) is 0 Å². The van der Waals surface area contributed by atoms with E-state index in [4.69, 9.17) is 4.74 Å². The molecular weight excluding hydrogens is 548 g/mol. The zero-order chi connectivity index (χ0) is 30.1. The van der Waals surface area contributed by atoms with Crippen LogP contribution in [0.25, 0.3) is 11.3 Å². The normalized spacial score (nSPS) is 19.6. The van der Waals surface area contributed by atoms with E-state index in [2.05, 4.69) is 35.5 Å². The molecule has 1 saturated carbocycles. The molecule has 1 fully saturated rings. The van der Waals surface area contributed by atoms with Gasteiger partial charge < -0.3 is 9.64 Å². The van der Waals surface area contributed by atoms with E-state index in [1.165, 1.54) is 18.6 Å². The molecule has 8 nitrogen and oxygen atoms in total. The number of nitrogens with one attached hydrogen (secondary N) is 1. The average Bonchev–Trinajstić information content (AvgIpc) is 2.93. The maximum absolute atomic E-state index is 14.2. The fraction of sp³-hybridized carbons (Fsp3) is 0.485. The highest BCUT2D eigenvalue weighted by Crippen LogP contribution is 2.33. The SMILES string of the molecule is Cc1cccc(C)c1-c1cc2nc(n1)NS(=O)(=O)c1cccc(c1)C(=O)N(CC1CCCCC1)[C@H](CC(C)(C)C)CO2. The van der Waals surface area contributed by atoms with Crippen LogP contribution in [0, 0.1) is 25.2 Å². The first-order chi connectivity index (χ1) is 19.9. The second-order valence-electron chi connectivity index (χ2n) is 13.0. The molecule has 1 amide bonds. The Balaban J connectivity index is 1.65. The first kappa shape index (κ1) is 30.0. The first-order valence-corrected chi connectivity index (χ1v) is 16.4. The zero-order valence-electron chi connectivity index (χ0n) is 25.3. The number of nitrogens with zero attached hydrogens (tertiary/aromatic N) is 3. The van der Waals surface area contributed by atoms with Gasteiger partial charge in [-0.3, -0.25) is 4.79 Å². The number of anilines is 1. The topological polar surface area (TPSA) is 101 Å². The van der Waals surface area contributed by atoms with Crippen LogP contribution in [0.3, 0.4) is 0 Å². The van der Waals surface area contributed by atoms with Crippen LogP contribution in [0.15, 0.2) is 53.4 Å². The Morgan fingerprint density at radius 1 is 0.976 bits per heavy atom. The summed E-state index contributed by atoms with van der Waals surface area (Å²) in [6.45, 7) is 11.3. The van der Waals surface area contributed by atoms with E-state index in [1.807, 2.05) is 36.9 Å². The van der Waals surface area contributed by atoms with Crippen molar-refractivity contribution in [3.63, 3.8) is 0 Å². The fourth-order valence-electron chi connectivity index (χ4n) is 6.23. The third-order valence-electron chi connectivity index (χ3n) is 8.21. The molecule has 0 spiro atoms. The zero-order valence-corrected chi connectivity index (χ0v) is 26.1. The Morgan fingerprint density at radius 2 is 1.67 bits per heavy atom. The maximum atomic E-state index is 14.2. The van der Waals surface area contributed by atoms with Crippen LogP contribution in [-0.4, -0.2) is 48.4 Å². The van der Waals surface area contributed by atoms with Gasteiger partial charge in [-0.25, -0.2) is 18.1 Å².